The van der Waals surface area contributed by atoms with E-state index in [-0.39, 0.29) is 12.3 Å². The lowest BCUT2D eigenvalue weighted by Gasteiger charge is -1.96. The molecule has 0 amide bonds. The van der Waals surface area contributed by atoms with Gasteiger partial charge in [-0.2, -0.15) is 0 Å². The predicted octanol–water partition coefficient (Wildman–Crippen LogP) is 2.97. The van der Waals surface area contributed by atoms with Gasteiger partial charge >= 0.3 is 5.97 Å². The fraction of sp³-hybridized carbons (Fsp3) is 0.385. The van der Waals surface area contributed by atoms with E-state index < -0.39 is 5.97 Å². The van der Waals surface area contributed by atoms with Gasteiger partial charge in [-0.05, 0) is 24.1 Å². The topological polar surface area (TPSA) is 63.3 Å². The van der Waals surface area contributed by atoms with Gasteiger partial charge in [-0.25, -0.2) is 4.98 Å². The van der Waals surface area contributed by atoms with E-state index in [1.54, 1.807) is 0 Å². The predicted molar refractivity (Wildman–Crippen MR) is 64.1 cm³/mol. The maximum atomic E-state index is 10.5. The number of carbonyl (C=O) groups is 1. The number of carboxylic acid groups (broad SMARTS) is 1. The molecule has 0 fully saturated rings. The second-order valence-corrected chi connectivity index (χ2v) is 4.40. The minimum Gasteiger partial charge on any atom is -0.481 e. The Morgan fingerprint density at radius 2 is 2.24 bits per heavy atom. The molecule has 2 rings (SSSR count). The average Bonchev–Trinajstić information content (AvgIpc) is 2.69. The highest BCUT2D eigenvalue weighted by Gasteiger charge is 2.09. The van der Waals surface area contributed by atoms with E-state index in [9.17, 15) is 4.79 Å². The molecule has 4 heteroatoms. The van der Waals surface area contributed by atoms with Crippen molar-refractivity contribution in [2.24, 2.45) is 0 Å². The molecule has 0 unspecified atom stereocenters. The Bertz CT molecular complexity index is 543. The average molecular weight is 233 g/mol. The van der Waals surface area contributed by atoms with E-state index in [1.165, 1.54) is 0 Å². The SMILES string of the molecule is CC(C)c1nc2cc(CCC(=O)O)ccc2o1. The summed E-state index contributed by atoms with van der Waals surface area (Å²) in [6, 6.07) is 5.64. The molecule has 0 saturated carbocycles. The molecule has 1 aromatic carbocycles. The molecule has 17 heavy (non-hydrogen) atoms. The van der Waals surface area contributed by atoms with Crippen molar-refractivity contribution in [3.63, 3.8) is 0 Å². The molecule has 0 spiro atoms. The molecule has 1 N–H and O–H groups in total. The summed E-state index contributed by atoms with van der Waals surface area (Å²) in [5.41, 5.74) is 2.54. The minimum atomic E-state index is -0.784. The van der Waals surface area contributed by atoms with Crippen LogP contribution in [-0.2, 0) is 11.2 Å². The first-order chi connectivity index (χ1) is 8.06. The van der Waals surface area contributed by atoms with Crippen LogP contribution in [0.5, 0.6) is 0 Å². The highest BCUT2D eigenvalue weighted by Crippen LogP contribution is 2.22. The molecule has 4 nitrogen and oxygen atoms in total. The van der Waals surface area contributed by atoms with Crippen LogP contribution in [0.15, 0.2) is 22.6 Å². The molecular weight excluding hydrogens is 218 g/mol. The maximum Gasteiger partial charge on any atom is 0.303 e. The minimum absolute atomic E-state index is 0.139. The van der Waals surface area contributed by atoms with Crippen molar-refractivity contribution >= 4 is 17.1 Å². The first-order valence-electron chi connectivity index (χ1n) is 5.67. The van der Waals surface area contributed by atoms with Crippen molar-refractivity contribution in [2.45, 2.75) is 32.6 Å². The Balaban J connectivity index is 2.27. The van der Waals surface area contributed by atoms with Gasteiger partial charge in [0.2, 0.25) is 0 Å². The second kappa shape index (κ2) is 4.57. The number of rotatable bonds is 4. The highest BCUT2D eigenvalue weighted by atomic mass is 16.4. The van der Waals surface area contributed by atoms with Gasteiger partial charge in [0, 0.05) is 12.3 Å². The van der Waals surface area contributed by atoms with Crippen LogP contribution in [0.2, 0.25) is 0 Å². The lowest BCUT2D eigenvalue weighted by atomic mass is 10.1. The molecule has 0 atom stereocenters. The standard InChI is InChI=1S/C13H15NO3/c1-8(2)13-14-10-7-9(4-6-12(15)16)3-5-11(10)17-13/h3,5,7-8H,4,6H2,1-2H3,(H,15,16). The zero-order valence-corrected chi connectivity index (χ0v) is 9.93. The number of aromatic nitrogens is 1. The monoisotopic (exact) mass is 233 g/mol. The second-order valence-electron chi connectivity index (χ2n) is 4.40. The number of benzene rings is 1. The van der Waals surface area contributed by atoms with Crippen LogP contribution < -0.4 is 0 Å². The third-order valence-corrected chi connectivity index (χ3v) is 2.59. The van der Waals surface area contributed by atoms with Gasteiger partial charge in [0.05, 0.1) is 0 Å². The molecule has 1 heterocycles. The van der Waals surface area contributed by atoms with Crippen molar-refractivity contribution in [1.82, 2.24) is 4.98 Å². The van der Waals surface area contributed by atoms with Gasteiger partial charge in [0.15, 0.2) is 11.5 Å². The summed E-state index contributed by atoms with van der Waals surface area (Å²) in [6.07, 6.45) is 0.662. The number of nitrogens with zero attached hydrogens (tertiary/aromatic N) is 1. The van der Waals surface area contributed by atoms with Crippen LogP contribution in [0.3, 0.4) is 0 Å². The van der Waals surface area contributed by atoms with Gasteiger partial charge in [-0.1, -0.05) is 19.9 Å². The Hall–Kier alpha value is -1.84. The number of fused-ring (bicyclic) bond motifs is 1. The molecular formula is C13H15NO3. The zero-order chi connectivity index (χ0) is 12.4. The Labute approximate surface area is 99.3 Å². The van der Waals surface area contributed by atoms with Crippen molar-refractivity contribution in [1.29, 1.82) is 0 Å². The van der Waals surface area contributed by atoms with Crippen LogP contribution in [0.1, 0.15) is 37.6 Å². The molecule has 2 aromatic rings. The summed E-state index contributed by atoms with van der Waals surface area (Å²) in [7, 11) is 0. The molecule has 0 aliphatic rings. The van der Waals surface area contributed by atoms with Crippen LogP contribution in [0, 0.1) is 0 Å². The highest BCUT2D eigenvalue weighted by molar-refractivity contribution is 5.74. The van der Waals surface area contributed by atoms with E-state index >= 15 is 0 Å². The fourth-order valence-corrected chi connectivity index (χ4v) is 1.64. The first kappa shape index (κ1) is 11.6. The van der Waals surface area contributed by atoms with Crippen LogP contribution in [0.25, 0.3) is 11.1 Å². The summed E-state index contributed by atoms with van der Waals surface area (Å²) < 4.78 is 5.58. The Morgan fingerprint density at radius 3 is 2.88 bits per heavy atom. The lowest BCUT2D eigenvalue weighted by Crippen LogP contribution is -1.97. The third kappa shape index (κ3) is 2.64. The number of aliphatic carboxylic acids is 1. The fourth-order valence-electron chi connectivity index (χ4n) is 1.64. The largest absolute Gasteiger partial charge is 0.481 e. The summed E-state index contributed by atoms with van der Waals surface area (Å²) in [4.78, 5) is 14.9. The van der Waals surface area contributed by atoms with E-state index in [0.717, 1.165) is 22.6 Å². The molecule has 90 valence electrons. The van der Waals surface area contributed by atoms with E-state index in [1.807, 2.05) is 32.0 Å². The van der Waals surface area contributed by atoms with E-state index in [2.05, 4.69) is 4.98 Å². The van der Waals surface area contributed by atoms with Gasteiger partial charge in [0.1, 0.15) is 5.52 Å². The quantitative estimate of drug-likeness (QED) is 0.881. The number of oxazole rings is 1. The van der Waals surface area contributed by atoms with Gasteiger partial charge in [-0.3, -0.25) is 4.79 Å². The Morgan fingerprint density at radius 1 is 1.47 bits per heavy atom. The van der Waals surface area contributed by atoms with E-state index in [0.29, 0.717) is 6.42 Å². The van der Waals surface area contributed by atoms with Crippen LogP contribution >= 0.6 is 0 Å². The molecule has 0 aliphatic carbocycles. The van der Waals surface area contributed by atoms with Crippen LogP contribution in [-0.4, -0.2) is 16.1 Å². The lowest BCUT2D eigenvalue weighted by molar-refractivity contribution is -0.136. The number of aryl methyl sites for hydroxylation is 1. The molecule has 0 radical (unpaired) electrons. The smallest absolute Gasteiger partial charge is 0.303 e. The van der Waals surface area contributed by atoms with Crippen molar-refractivity contribution in [3.8, 4) is 0 Å². The molecule has 0 saturated heterocycles. The molecule has 1 aromatic heterocycles. The third-order valence-electron chi connectivity index (χ3n) is 2.59. The Kier molecular flexibility index (Phi) is 3.13. The van der Waals surface area contributed by atoms with E-state index in [4.69, 9.17) is 9.52 Å². The number of hydrogen-bond donors (Lipinski definition) is 1. The van der Waals surface area contributed by atoms with Crippen molar-refractivity contribution in [2.75, 3.05) is 0 Å². The van der Waals surface area contributed by atoms with Gasteiger partial charge in [0.25, 0.3) is 0 Å². The van der Waals surface area contributed by atoms with Gasteiger partial charge < -0.3 is 9.52 Å². The molecule has 0 bridgehead atoms. The zero-order valence-electron chi connectivity index (χ0n) is 9.93. The maximum absolute atomic E-state index is 10.5. The summed E-state index contributed by atoms with van der Waals surface area (Å²) >= 11 is 0. The first-order valence-corrected chi connectivity index (χ1v) is 5.67. The van der Waals surface area contributed by atoms with Gasteiger partial charge in [-0.15, -0.1) is 0 Å². The molecule has 0 aliphatic heterocycles. The summed E-state index contributed by atoms with van der Waals surface area (Å²) in [5.74, 6) is 0.188. The van der Waals surface area contributed by atoms with Crippen molar-refractivity contribution < 1.29 is 14.3 Å². The van der Waals surface area contributed by atoms with Crippen LogP contribution in [0.4, 0.5) is 0 Å². The summed E-state index contributed by atoms with van der Waals surface area (Å²) in [5, 5.41) is 8.63. The van der Waals surface area contributed by atoms with Crippen molar-refractivity contribution in [3.05, 3.63) is 29.7 Å². The normalized spacial score (nSPS) is 11.2. The number of hydrogen-bond acceptors (Lipinski definition) is 3. The summed E-state index contributed by atoms with van der Waals surface area (Å²) in [6.45, 7) is 4.05. The number of carboxylic acids is 1.